The maximum absolute atomic E-state index is 12.3. The first-order valence-electron chi connectivity index (χ1n) is 6.75. The zero-order chi connectivity index (χ0) is 12.4. The Balaban J connectivity index is 1.86. The molecule has 17 heavy (non-hydrogen) atoms. The highest BCUT2D eigenvalue weighted by molar-refractivity contribution is 5.79. The molecule has 0 spiro atoms. The molecule has 0 bridgehead atoms. The minimum Gasteiger partial charge on any atom is -0.378 e. The van der Waals surface area contributed by atoms with Gasteiger partial charge in [-0.05, 0) is 39.0 Å². The van der Waals surface area contributed by atoms with Crippen molar-refractivity contribution < 1.29 is 9.53 Å². The first-order chi connectivity index (χ1) is 8.09. The molecule has 0 saturated carbocycles. The Bertz CT molecular complexity index is 273. The molecule has 0 radical (unpaired) electrons. The van der Waals surface area contributed by atoms with Crippen molar-refractivity contribution in [3.63, 3.8) is 0 Å². The van der Waals surface area contributed by atoms with Gasteiger partial charge in [0.05, 0.1) is 12.0 Å². The smallest absolute Gasteiger partial charge is 0.228 e. The predicted molar refractivity (Wildman–Crippen MR) is 66.5 cm³/mol. The third-order valence-corrected chi connectivity index (χ3v) is 4.29. The van der Waals surface area contributed by atoms with Gasteiger partial charge in [0.2, 0.25) is 5.91 Å². The van der Waals surface area contributed by atoms with E-state index in [1.54, 1.807) is 0 Å². The number of likely N-dealkylation sites (tertiary alicyclic amines) is 1. The van der Waals surface area contributed by atoms with Crippen LogP contribution in [0.4, 0.5) is 0 Å². The molecule has 98 valence electrons. The Morgan fingerprint density at radius 3 is 2.47 bits per heavy atom. The van der Waals surface area contributed by atoms with E-state index in [1.165, 1.54) is 0 Å². The van der Waals surface area contributed by atoms with E-state index >= 15 is 0 Å². The minimum atomic E-state index is 0.0850. The van der Waals surface area contributed by atoms with Crippen LogP contribution in [0.3, 0.4) is 0 Å². The molecular weight excluding hydrogens is 216 g/mol. The molecule has 3 atom stereocenters. The largest absolute Gasteiger partial charge is 0.378 e. The molecule has 2 N–H and O–H groups in total. The lowest BCUT2D eigenvalue weighted by Gasteiger charge is -2.35. The SMILES string of the molecule is CC(N)C1CCN(C(=O)C2CCOC2C)CC1. The Labute approximate surface area is 103 Å². The number of ether oxygens (including phenoxy) is 1. The highest BCUT2D eigenvalue weighted by atomic mass is 16.5. The summed E-state index contributed by atoms with van der Waals surface area (Å²) >= 11 is 0. The molecule has 4 nitrogen and oxygen atoms in total. The second-order valence-electron chi connectivity index (χ2n) is 5.49. The fourth-order valence-electron chi connectivity index (χ4n) is 2.94. The number of amides is 1. The third kappa shape index (κ3) is 2.80. The molecule has 2 saturated heterocycles. The lowest BCUT2D eigenvalue weighted by molar-refractivity contribution is -0.138. The first-order valence-corrected chi connectivity index (χ1v) is 6.75. The van der Waals surface area contributed by atoms with Gasteiger partial charge in [-0.25, -0.2) is 0 Å². The molecule has 2 rings (SSSR count). The van der Waals surface area contributed by atoms with Crippen LogP contribution >= 0.6 is 0 Å². The van der Waals surface area contributed by atoms with Crippen molar-refractivity contribution in [3.8, 4) is 0 Å². The van der Waals surface area contributed by atoms with Crippen LogP contribution in [0.15, 0.2) is 0 Å². The monoisotopic (exact) mass is 240 g/mol. The molecule has 0 aromatic heterocycles. The summed E-state index contributed by atoms with van der Waals surface area (Å²) in [6.07, 6.45) is 3.07. The maximum Gasteiger partial charge on any atom is 0.228 e. The van der Waals surface area contributed by atoms with Gasteiger partial charge in [-0.3, -0.25) is 4.79 Å². The van der Waals surface area contributed by atoms with E-state index in [1.807, 2.05) is 11.8 Å². The molecule has 2 fully saturated rings. The lowest BCUT2D eigenvalue weighted by Crippen LogP contribution is -2.45. The zero-order valence-electron chi connectivity index (χ0n) is 10.9. The van der Waals surface area contributed by atoms with Crippen molar-refractivity contribution in [1.29, 1.82) is 0 Å². The second-order valence-corrected chi connectivity index (χ2v) is 5.49. The van der Waals surface area contributed by atoms with Gasteiger partial charge >= 0.3 is 0 Å². The van der Waals surface area contributed by atoms with E-state index < -0.39 is 0 Å². The second kappa shape index (κ2) is 5.36. The minimum absolute atomic E-state index is 0.0850. The number of nitrogens with zero attached hydrogens (tertiary/aromatic N) is 1. The van der Waals surface area contributed by atoms with E-state index in [9.17, 15) is 4.79 Å². The Morgan fingerprint density at radius 2 is 2.00 bits per heavy atom. The van der Waals surface area contributed by atoms with Crippen LogP contribution in [0.25, 0.3) is 0 Å². The van der Waals surface area contributed by atoms with E-state index in [2.05, 4.69) is 6.92 Å². The molecule has 0 aromatic rings. The van der Waals surface area contributed by atoms with Crippen LogP contribution < -0.4 is 5.73 Å². The van der Waals surface area contributed by atoms with Gasteiger partial charge < -0.3 is 15.4 Å². The number of hydrogen-bond acceptors (Lipinski definition) is 3. The van der Waals surface area contributed by atoms with Gasteiger partial charge in [-0.2, -0.15) is 0 Å². The molecule has 1 amide bonds. The number of rotatable bonds is 2. The summed E-state index contributed by atoms with van der Waals surface area (Å²) in [7, 11) is 0. The molecule has 3 unspecified atom stereocenters. The number of carbonyl (C=O) groups excluding carboxylic acids is 1. The van der Waals surface area contributed by atoms with Gasteiger partial charge in [0, 0.05) is 25.7 Å². The molecule has 2 aliphatic rings. The molecule has 2 aliphatic heterocycles. The highest BCUT2D eigenvalue weighted by Crippen LogP contribution is 2.26. The summed E-state index contributed by atoms with van der Waals surface area (Å²) in [4.78, 5) is 14.3. The van der Waals surface area contributed by atoms with Gasteiger partial charge in [-0.1, -0.05) is 0 Å². The van der Waals surface area contributed by atoms with Crippen molar-refractivity contribution in [2.45, 2.75) is 45.3 Å². The van der Waals surface area contributed by atoms with Gasteiger partial charge in [-0.15, -0.1) is 0 Å². The fourth-order valence-corrected chi connectivity index (χ4v) is 2.94. The Morgan fingerprint density at radius 1 is 1.35 bits per heavy atom. The van der Waals surface area contributed by atoms with Crippen LogP contribution in [0.2, 0.25) is 0 Å². The number of hydrogen-bond donors (Lipinski definition) is 1. The lowest BCUT2D eigenvalue weighted by atomic mass is 9.90. The third-order valence-electron chi connectivity index (χ3n) is 4.29. The number of carbonyl (C=O) groups is 1. The van der Waals surface area contributed by atoms with Crippen LogP contribution in [-0.4, -0.2) is 42.6 Å². The Kier molecular flexibility index (Phi) is 4.05. The first kappa shape index (κ1) is 12.8. The van der Waals surface area contributed by atoms with Crippen LogP contribution in [0, 0.1) is 11.8 Å². The quantitative estimate of drug-likeness (QED) is 0.783. The van der Waals surface area contributed by atoms with Gasteiger partial charge in [0.15, 0.2) is 0 Å². The zero-order valence-corrected chi connectivity index (χ0v) is 10.9. The van der Waals surface area contributed by atoms with Crippen LogP contribution in [-0.2, 0) is 9.53 Å². The van der Waals surface area contributed by atoms with Gasteiger partial charge in [0.25, 0.3) is 0 Å². The van der Waals surface area contributed by atoms with Crippen molar-refractivity contribution >= 4 is 5.91 Å². The summed E-state index contributed by atoms with van der Waals surface area (Å²) in [5.41, 5.74) is 5.91. The standard InChI is InChI=1S/C13H24N2O2/c1-9(14)11-3-6-15(7-4-11)13(16)12-5-8-17-10(12)2/h9-12H,3-8,14H2,1-2H3. The van der Waals surface area contributed by atoms with Crippen LogP contribution in [0.5, 0.6) is 0 Å². The summed E-state index contributed by atoms with van der Waals surface area (Å²) in [6, 6.07) is 0.251. The Hall–Kier alpha value is -0.610. The molecule has 4 heteroatoms. The van der Waals surface area contributed by atoms with Gasteiger partial charge in [0.1, 0.15) is 0 Å². The van der Waals surface area contributed by atoms with Crippen molar-refractivity contribution in [1.82, 2.24) is 4.90 Å². The number of piperidine rings is 1. The molecule has 0 aliphatic carbocycles. The molecule has 2 heterocycles. The molecular formula is C13H24N2O2. The highest BCUT2D eigenvalue weighted by Gasteiger charge is 2.35. The summed E-state index contributed by atoms with van der Waals surface area (Å²) < 4.78 is 5.47. The number of nitrogens with two attached hydrogens (primary N) is 1. The maximum atomic E-state index is 12.3. The van der Waals surface area contributed by atoms with E-state index in [0.29, 0.717) is 5.92 Å². The van der Waals surface area contributed by atoms with Crippen molar-refractivity contribution in [2.24, 2.45) is 17.6 Å². The normalized spacial score (nSPS) is 32.8. The summed E-state index contributed by atoms with van der Waals surface area (Å²) in [5, 5.41) is 0. The van der Waals surface area contributed by atoms with E-state index in [0.717, 1.165) is 39.0 Å². The average molecular weight is 240 g/mol. The predicted octanol–water partition coefficient (Wildman–Crippen LogP) is 0.997. The van der Waals surface area contributed by atoms with Crippen molar-refractivity contribution in [3.05, 3.63) is 0 Å². The van der Waals surface area contributed by atoms with Crippen LogP contribution in [0.1, 0.15) is 33.1 Å². The summed E-state index contributed by atoms with van der Waals surface area (Å²) in [5.74, 6) is 0.955. The fraction of sp³-hybridized carbons (Fsp3) is 0.923. The topological polar surface area (TPSA) is 55.6 Å². The molecule has 0 aromatic carbocycles. The van der Waals surface area contributed by atoms with E-state index in [4.69, 9.17) is 10.5 Å². The summed E-state index contributed by atoms with van der Waals surface area (Å²) in [6.45, 7) is 6.54. The van der Waals surface area contributed by atoms with Crippen molar-refractivity contribution in [2.75, 3.05) is 19.7 Å². The average Bonchev–Trinajstić information content (AvgIpc) is 2.74. The van der Waals surface area contributed by atoms with E-state index in [-0.39, 0.29) is 24.0 Å².